The quantitative estimate of drug-likeness (QED) is 0.746. The number of aromatic amines is 1. The van der Waals surface area contributed by atoms with Crippen LogP contribution in [0.4, 0.5) is 5.13 Å². The summed E-state index contributed by atoms with van der Waals surface area (Å²) in [5.74, 6) is 0.380. The largest absolute Gasteiger partial charge is 0.346 e. The molecule has 7 heteroatoms. The van der Waals surface area contributed by atoms with E-state index in [1.165, 1.54) is 17.7 Å². The Balaban J connectivity index is 0.00000144. The standard InChI is InChI=1S/C15H17N5OS.2H2/c1-3-9(2)6-12(21)20-15-19-11(7-22-15)13-10-4-5-16-14(10)18-8-17-13;;/h4-5,7-9H,3,6H2,1-2H3,(H,16,17,18)(H,19,20,21);2*1H. The Hall–Kier alpha value is -2.28. The molecular formula is C15H21N5OS. The van der Waals surface area contributed by atoms with Gasteiger partial charge in [0.05, 0.1) is 0 Å². The minimum atomic E-state index is 0. The van der Waals surface area contributed by atoms with Gasteiger partial charge in [0.2, 0.25) is 5.91 Å². The number of carbonyl (C=O) groups is 1. The highest BCUT2D eigenvalue weighted by molar-refractivity contribution is 7.14. The summed E-state index contributed by atoms with van der Waals surface area (Å²) in [7, 11) is 0. The molecule has 2 N–H and O–H groups in total. The molecule has 118 valence electrons. The lowest BCUT2D eigenvalue weighted by Gasteiger charge is -2.06. The Bertz CT molecular complexity index is 804. The number of nitrogens with zero attached hydrogens (tertiary/aromatic N) is 3. The van der Waals surface area contributed by atoms with E-state index in [9.17, 15) is 4.79 Å². The topological polar surface area (TPSA) is 83.6 Å². The van der Waals surface area contributed by atoms with Gasteiger partial charge in [0.1, 0.15) is 23.4 Å². The number of amides is 1. The van der Waals surface area contributed by atoms with Crippen molar-refractivity contribution in [2.45, 2.75) is 26.7 Å². The summed E-state index contributed by atoms with van der Waals surface area (Å²) in [6, 6.07) is 1.92. The minimum absolute atomic E-state index is 0. The fraction of sp³-hybridized carbons (Fsp3) is 0.333. The van der Waals surface area contributed by atoms with E-state index in [4.69, 9.17) is 0 Å². The van der Waals surface area contributed by atoms with Crippen LogP contribution < -0.4 is 5.32 Å². The normalized spacial score (nSPS) is 12.5. The number of thiazole rings is 1. The number of aromatic nitrogens is 4. The second kappa shape index (κ2) is 6.23. The van der Waals surface area contributed by atoms with Gasteiger partial charge < -0.3 is 10.3 Å². The van der Waals surface area contributed by atoms with E-state index in [1.807, 2.05) is 17.6 Å². The van der Waals surface area contributed by atoms with Crippen molar-refractivity contribution in [2.75, 3.05) is 5.32 Å². The molecule has 3 aromatic heterocycles. The van der Waals surface area contributed by atoms with Crippen LogP contribution in [-0.2, 0) is 4.79 Å². The summed E-state index contributed by atoms with van der Waals surface area (Å²) in [4.78, 5) is 27.9. The molecule has 1 atom stereocenters. The Kier molecular flexibility index (Phi) is 4.15. The molecule has 0 aliphatic rings. The molecule has 0 spiro atoms. The number of rotatable bonds is 5. The molecule has 0 aliphatic heterocycles. The van der Waals surface area contributed by atoms with E-state index in [0.717, 1.165) is 28.8 Å². The molecule has 3 rings (SSSR count). The van der Waals surface area contributed by atoms with Gasteiger partial charge >= 0.3 is 0 Å². The maximum atomic E-state index is 11.9. The fourth-order valence-corrected chi connectivity index (χ4v) is 2.86. The molecule has 0 bridgehead atoms. The molecule has 0 aliphatic carbocycles. The predicted octanol–water partition coefficient (Wildman–Crippen LogP) is 3.95. The minimum Gasteiger partial charge on any atom is -0.346 e. The summed E-state index contributed by atoms with van der Waals surface area (Å²) in [6.45, 7) is 4.15. The van der Waals surface area contributed by atoms with E-state index >= 15 is 0 Å². The van der Waals surface area contributed by atoms with Crippen LogP contribution in [0.2, 0.25) is 0 Å². The number of hydrogen-bond donors (Lipinski definition) is 2. The van der Waals surface area contributed by atoms with Crippen molar-refractivity contribution in [1.29, 1.82) is 0 Å². The van der Waals surface area contributed by atoms with Crippen LogP contribution in [0.15, 0.2) is 24.0 Å². The average Bonchev–Trinajstić information content (AvgIpc) is 3.15. The summed E-state index contributed by atoms with van der Waals surface area (Å²) in [5.41, 5.74) is 2.29. The third kappa shape index (κ3) is 2.99. The summed E-state index contributed by atoms with van der Waals surface area (Å²) >= 11 is 1.40. The number of H-pyrrole nitrogens is 1. The SMILES string of the molecule is CCC(C)CC(=O)Nc1nc(-c2ncnc3[nH]ccc23)cs1.[HH].[HH]. The van der Waals surface area contributed by atoms with Gasteiger partial charge in [-0.15, -0.1) is 11.3 Å². The van der Waals surface area contributed by atoms with Gasteiger partial charge in [0, 0.05) is 26.2 Å². The zero-order chi connectivity index (χ0) is 15.5. The Morgan fingerprint density at radius 1 is 1.50 bits per heavy atom. The Labute approximate surface area is 135 Å². The van der Waals surface area contributed by atoms with Gasteiger partial charge in [-0.25, -0.2) is 15.0 Å². The van der Waals surface area contributed by atoms with Crippen LogP contribution in [0, 0.1) is 5.92 Å². The van der Waals surface area contributed by atoms with Crippen LogP contribution >= 0.6 is 11.3 Å². The van der Waals surface area contributed by atoms with Crippen molar-refractivity contribution in [3.8, 4) is 11.4 Å². The maximum Gasteiger partial charge on any atom is 0.226 e. The second-order valence-electron chi connectivity index (χ2n) is 5.27. The zero-order valence-electron chi connectivity index (χ0n) is 12.5. The zero-order valence-corrected chi connectivity index (χ0v) is 13.3. The van der Waals surface area contributed by atoms with E-state index < -0.39 is 0 Å². The van der Waals surface area contributed by atoms with Crippen molar-refractivity contribution in [1.82, 2.24) is 19.9 Å². The molecule has 0 radical (unpaired) electrons. The number of fused-ring (bicyclic) bond motifs is 1. The summed E-state index contributed by atoms with van der Waals surface area (Å²) < 4.78 is 0. The molecule has 0 saturated heterocycles. The van der Waals surface area contributed by atoms with Crippen molar-refractivity contribution >= 4 is 33.4 Å². The van der Waals surface area contributed by atoms with Gasteiger partial charge in [0.15, 0.2) is 5.13 Å². The fourth-order valence-electron chi connectivity index (χ4n) is 2.15. The number of carbonyl (C=O) groups excluding carboxylic acids is 1. The maximum absolute atomic E-state index is 11.9. The van der Waals surface area contributed by atoms with Crippen molar-refractivity contribution in [3.63, 3.8) is 0 Å². The summed E-state index contributed by atoms with van der Waals surface area (Å²) in [5, 5.41) is 6.28. The van der Waals surface area contributed by atoms with Gasteiger partial charge in [-0.05, 0) is 12.0 Å². The van der Waals surface area contributed by atoms with Crippen LogP contribution in [-0.4, -0.2) is 25.8 Å². The molecule has 0 fully saturated rings. The molecular weight excluding hydrogens is 298 g/mol. The number of anilines is 1. The third-order valence-corrected chi connectivity index (χ3v) is 4.34. The van der Waals surface area contributed by atoms with Crippen LogP contribution in [0.25, 0.3) is 22.4 Å². The lowest BCUT2D eigenvalue weighted by molar-refractivity contribution is -0.117. The van der Waals surface area contributed by atoms with E-state index in [1.54, 1.807) is 0 Å². The van der Waals surface area contributed by atoms with Crippen molar-refractivity contribution < 1.29 is 7.65 Å². The highest BCUT2D eigenvalue weighted by atomic mass is 32.1. The predicted molar refractivity (Wildman–Crippen MR) is 91.9 cm³/mol. The molecule has 1 unspecified atom stereocenters. The van der Waals surface area contributed by atoms with E-state index in [2.05, 4.69) is 39.1 Å². The van der Waals surface area contributed by atoms with Gasteiger partial charge in [-0.1, -0.05) is 20.3 Å². The molecule has 1 amide bonds. The molecule has 22 heavy (non-hydrogen) atoms. The van der Waals surface area contributed by atoms with Gasteiger partial charge in [-0.3, -0.25) is 4.79 Å². The first-order valence-electron chi connectivity index (χ1n) is 7.21. The van der Waals surface area contributed by atoms with Crippen LogP contribution in [0.5, 0.6) is 0 Å². The molecule has 6 nitrogen and oxygen atoms in total. The molecule has 0 saturated carbocycles. The third-order valence-electron chi connectivity index (χ3n) is 3.58. The molecule has 0 aromatic carbocycles. The Morgan fingerprint density at radius 3 is 3.18 bits per heavy atom. The van der Waals surface area contributed by atoms with Crippen molar-refractivity contribution in [3.05, 3.63) is 24.0 Å². The second-order valence-corrected chi connectivity index (χ2v) is 6.12. The lowest BCUT2D eigenvalue weighted by atomic mass is 10.1. The highest BCUT2D eigenvalue weighted by Crippen LogP contribution is 2.28. The molecule has 3 heterocycles. The first-order chi connectivity index (χ1) is 10.7. The van der Waals surface area contributed by atoms with Gasteiger partial charge in [0.25, 0.3) is 0 Å². The number of nitrogens with one attached hydrogen (secondary N) is 2. The molecule has 3 aromatic rings. The van der Waals surface area contributed by atoms with E-state index in [0.29, 0.717) is 17.5 Å². The van der Waals surface area contributed by atoms with E-state index in [-0.39, 0.29) is 8.76 Å². The van der Waals surface area contributed by atoms with Gasteiger partial charge in [-0.2, -0.15) is 0 Å². The Morgan fingerprint density at radius 2 is 2.36 bits per heavy atom. The average molecular weight is 319 g/mol. The monoisotopic (exact) mass is 319 g/mol. The first-order valence-corrected chi connectivity index (χ1v) is 8.09. The van der Waals surface area contributed by atoms with Crippen LogP contribution in [0.1, 0.15) is 29.5 Å². The lowest BCUT2D eigenvalue weighted by Crippen LogP contribution is -2.14. The highest BCUT2D eigenvalue weighted by Gasteiger charge is 2.13. The first kappa shape index (κ1) is 14.6. The smallest absolute Gasteiger partial charge is 0.226 e. The van der Waals surface area contributed by atoms with Crippen LogP contribution in [0.3, 0.4) is 0 Å². The number of hydrogen-bond acceptors (Lipinski definition) is 5. The summed E-state index contributed by atoms with van der Waals surface area (Å²) in [6.07, 6.45) is 4.84. The van der Waals surface area contributed by atoms with Crippen molar-refractivity contribution in [2.24, 2.45) is 5.92 Å².